The van der Waals surface area contributed by atoms with Crippen molar-refractivity contribution in [3.05, 3.63) is 21.9 Å². The first kappa shape index (κ1) is 15.0. The molecule has 0 spiro atoms. The van der Waals surface area contributed by atoms with Gasteiger partial charge in [-0.3, -0.25) is 0 Å². The molecule has 1 aliphatic rings. The minimum atomic E-state index is -3.01. The van der Waals surface area contributed by atoms with Gasteiger partial charge in [-0.2, -0.15) is 0 Å². The summed E-state index contributed by atoms with van der Waals surface area (Å²) in [6.45, 7) is 4.35. The molecule has 1 aromatic rings. The first-order valence-electron chi connectivity index (χ1n) is 6.75. The van der Waals surface area contributed by atoms with Crippen molar-refractivity contribution in [1.82, 2.24) is 9.62 Å². The Bertz CT molecular complexity index is 502. The fourth-order valence-electron chi connectivity index (χ4n) is 2.34. The number of nitrogens with zero attached hydrogens (tertiary/aromatic N) is 1. The molecule has 19 heavy (non-hydrogen) atoms. The lowest BCUT2D eigenvalue weighted by molar-refractivity contribution is 0.290. The summed E-state index contributed by atoms with van der Waals surface area (Å²) < 4.78 is 24.4. The molecule has 2 rings (SSSR count). The van der Waals surface area contributed by atoms with Crippen molar-refractivity contribution in [2.75, 3.05) is 19.3 Å². The summed E-state index contributed by atoms with van der Waals surface area (Å²) in [5.74, 6) is 0. The van der Waals surface area contributed by atoms with Gasteiger partial charge in [0.2, 0.25) is 10.0 Å². The minimum absolute atomic E-state index is 0.435. The number of thiophene rings is 1. The van der Waals surface area contributed by atoms with Crippen LogP contribution in [-0.4, -0.2) is 38.1 Å². The van der Waals surface area contributed by atoms with E-state index in [-0.39, 0.29) is 0 Å². The molecular formula is C13H22N2O2S2. The van der Waals surface area contributed by atoms with Gasteiger partial charge in [-0.25, -0.2) is 12.7 Å². The molecular weight excluding hydrogens is 280 g/mol. The lowest BCUT2D eigenvalue weighted by atomic mass is 10.1. The third-order valence-electron chi connectivity index (χ3n) is 3.55. The van der Waals surface area contributed by atoms with Crippen LogP contribution in [0.4, 0.5) is 0 Å². The van der Waals surface area contributed by atoms with E-state index in [1.807, 2.05) is 11.3 Å². The molecule has 1 aliphatic heterocycles. The van der Waals surface area contributed by atoms with Crippen LogP contribution in [0.1, 0.15) is 29.5 Å². The second kappa shape index (κ2) is 6.35. The van der Waals surface area contributed by atoms with Crippen LogP contribution in [0.3, 0.4) is 0 Å². The molecule has 6 heteroatoms. The average Bonchev–Trinajstić information content (AvgIpc) is 2.84. The van der Waals surface area contributed by atoms with Crippen LogP contribution in [0.5, 0.6) is 0 Å². The molecule has 108 valence electrons. The summed E-state index contributed by atoms with van der Waals surface area (Å²) in [5.41, 5.74) is 0. The Balaban J connectivity index is 1.77. The fraction of sp³-hybridized carbons (Fsp3) is 0.692. The fourth-order valence-corrected chi connectivity index (χ4v) is 4.13. The Kier molecular flexibility index (Phi) is 5.00. The molecule has 0 bridgehead atoms. The van der Waals surface area contributed by atoms with Crippen molar-refractivity contribution in [3.8, 4) is 0 Å². The normalized spacial score (nSPS) is 18.8. The van der Waals surface area contributed by atoms with Crippen LogP contribution in [0.25, 0.3) is 0 Å². The molecule has 0 atom stereocenters. The van der Waals surface area contributed by atoms with Gasteiger partial charge in [0.25, 0.3) is 0 Å². The number of nitrogens with one attached hydrogen (secondary N) is 1. The third kappa shape index (κ3) is 4.27. The van der Waals surface area contributed by atoms with Crippen molar-refractivity contribution >= 4 is 21.4 Å². The molecule has 1 saturated heterocycles. The van der Waals surface area contributed by atoms with E-state index in [0.717, 1.165) is 25.8 Å². The van der Waals surface area contributed by atoms with Crippen LogP contribution in [0.2, 0.25) is 0 Å². The minimum Gasteiger partial charge on any atom is -0.309 e. The molecule has 1 fully saturated rings. The topological polar surface area (TPSA) is 49.4 Å². The maximum Gasteiger partial charge on any atom is 0.211 e. The molecule has 0 amide bonds. The Morgan fingerprint density at radius 3 is 2.47 bits per heavy atom. The first-order chi connectivity index (χ1) is 8.99. The van der Waals surface area contributed by atoms with Crippen LogP contribution in [0.15, 0.2) is 12.1 Å². The monoisotopic (exact) mass is 302 g/mol. The molecule has 0 radical (unpaired) electrons. The summed E-state index contributed by atoms with van der Waals surface area (Å²) >= 11 is 1.86. The van der Waals surface area contributed by atoms with E-state index < -0.39 is 10.0 Å². The summed E-state index contributed by atoms with van der Waals surface area (Å²) in [6.07, 6.45) is 4.19. The second-order valence-corrected chi connectivity index (χ2v) is 8.27. The summed E-state index contributed by atoms with van der Waals surface area (Å²) in [5, 5.41) is 3.54. The number of hydrogen-bond donors (Lipinski definition) is 1. The number of piperidine rings is 1. The van der Waals surface area contributed by atoms with Gasteiger partial charge in [0.05, 0.1) is 6.26 Å². The van der Waals surface area contributed by atoms with Crippen molar-refractivity contribution < 1.29 is 8.42 Å². The Morgan fingerprint density at radius 1 is 1.32 bits per heavy atom. The van der Waals surface area contributed by atoms with Crippen molar-refractivity contribution in [2.45, 2.75) is 38.8 Å². The highest BCUT2D eigenvalue weighted by Crippen LogP contribution is 2.18. The van der Waals surface area contributed by atoms with Gasteiger partial charge in [0, 0.05) is 35.4 Å². The quantitative estimate of drug-likeness (QED) is 0.902. The maximum absolute atomic E-state index is 11.4. The smallest absolute Gasteiger partial charge is 0.211 e. The van der Waals surface area contributed by atoms with Crippen LogP contribution < -0.4 is 5.32 Å². The zero-order valence-corrected chi connectivity index (χ0v) is 13.2. The summed E-state index contributed by atoms with van der Waals surface area (Å²) in [4.78, 5) is 2.78. The molecule has 4 nitrogen and oxygen atoms in total. The Morgan fingerprint density at radius 2 is 1.95 bits per heavy atom. The number of sulfonamides is 1. The van der Waals surface area contributed by atoms with Gasteiger partial charge in [-0.05, 0) is 31.4 Å². The first-order valence-corrected chi connectivity index (χ1v) is 9.41. The Labute approximate surface area is 119 Å². The predicted molar refractivity (Wildman–Crippen MR) is 80.0 cm³/mol. The van der Waals surface area contributed by atoms with Gasteiger partial charge in [0.15, 0.2) is 0 Å². The number of aryl methyl sites for hydroxylation is 1. The molecule has 0 aliphatic carbocycles. The van der Waals surface area contributed by atoms with Crippen LogP contribution in [-0.2, 0) is 23.0 Å². The maximum atomic E-state index is 11.4. The highest BCUT2D eigenvalue weighted by Gasteiger charge is 2.24. The van der Waals surface area contributed by atoms with Gasteiger partial charge >= 0.3 is 0 Å². The van der Waals surface area contributed by atoms with Gasteiger partial charge in [-0.1, -0.05) is 6.92 Å². The molecule has 1 N–H and O–H groups in total. The van der Waals surface area contributed by atoms with E-state index in [0.29, 0.717) is 19.1 Å². The highest BCUT2D eigenvalue weighted by molar-refractivity contribution is 7.88. The third-order valence-corrected chi connectivity index (χ3v) is 6.09. The van der Waals surface area contributed by atoms with E-state index in [1.165, 1.54) is 16.0 Å². The molecule has 2 heterocycles. The standard InChI is InChI=1S/C13H22N2O2S2/c1-3-12-4-5-13(18-12)10-14-11-6-8-15(9-7-11)19(2,16)17/h4-5,11,14H,3,6-10H2,1-2H3. The average molecular weight is 302 g/mol. The predicted octanol–water partition coefficient (Wildman–Crippen LogP) is 1.82. The zero-order valence-electron chi connectivity index (χ0n) is 11.6. The van der Waals surface area contributed by atoms with E-state index in [9.17, 15) is 8.42 Å². The van der Waals surface area contributed by atoms with Gasteiger partial charge < -0.3 is 5.32 Å². The van der Waals surface area contributed by atoms with E-state index >= 15 is 0 Å². The zero-order chi connectivity index (χ0) is 13.9. The Hall–Kier alpha value is -0.430. The lowest BCUT2D eigenvalue weighted by Gasteiger charge is -2.30. The molecule has 0 saturated carbocycles. The molecule has 1 aromatic heterocycles. The lowest BCUT2D eigenvalue weighted by Crippen LogP contribution is -2.44. The number of rotatable bonds is 5. The second-order valence-electron chi connectivity index (χ2n) is 5.04. The summed E-state index contributed by atoms with van der Waals surface area (Å²) in [6, 6.07) is 4.81. The molecule has 0 unspecified atom stereocenters. The van der Waals surface area contributed by atoms with E-state index in [1.54, 1.807) is 4.31 Å². The van der Waals surface area contributed by atoms with Crippen LogP contribution >= 0.6 is 11.3 Å². The highest BCUT2D eigenvalue weighted by atomic mass is 32.2. The number of hydrogen-bond acceptors (Lipinski definition) is 4. The van der Waals surface area contributed by atoms with Gasteiger partial charge in [-0.15, -0.1) is 11.3 Å². The van der Waals surface area contributed by atoms with Crippen LogP contribution in [0, 0.1) is 0 Å². The van der Waals surface area contributed by atoms with Crippen molar-refractivity contribution in [2.24, 2.45) is 0 Å². The van der Waals surface area contributed by atoms with E-state index in [2.05, 4.69) is 24.4 Å². The molecule has 0 aromatic carbocycles. The largest absolute Gasteiger partial charge is 0.309 e. The van der Waals surface area contributed by atoms with E-state index in [4.69, 9.17) is 0 Å². The van der Waals surface area contributed by atoms with Gasteiger partial charge in [0.1, 0.15) is 0 Å². The van der Waals surface area contributed by atoms with Crippen molar-refractivity contribution in [1.29, 1.82) is 0 Å². The SMILES string of the molecule is CCc1ccc(CNC2CCN(S(C)(=O)=O)CC2)s1. The summed E-state index contributed by atoms with van der Waals surface area (Å²) in [7, 11) is -3.01. The van der Waals surface area contributed by atoms with Crippen molar-refractivity contribution in [3.63, 3.8) is 0 Å².